The molecule has 2 aliphatic carbocycles. The normalized spacial score (nSPS) is 15.0. The smallest absolute Gasteiger partial charge is 0.269 e. The lowest BCUT2D eigenvalue weighted by molar-refractivity contribution is 0.353. The van der Waals surface area contributed by atoms with Gasteiger partial charge in [0.15, 0.2) is 11.1 Å². The number of hydrogen-bond acceptors (Lipinski definition) is 10. The minimum atomic E-state index is -0.194. The van der Waals surface area contributed by atoms with Crippen molar-refractivity contribution in [2.45, 2.75) is 64.5 Å². The van der Waals surface area contributed by atoms with Crippen molar-refractivity contribution in [3.05, 3.63) is 96.4 Å². The van der Waals surface area contributed by atoms with Crippen molar-refractivity contribution < 1.29 is 0 Å². The maximum atomic E-state index is 13.3. The molecule has 2 aliphatic rings. The van der Waals surface area contributed by atoms with Gasteiger partial charge in [-0.2, -0.15) is 21.0 Å². The molecule has 4 aromatic heterocycles. The minimum Gasteiger partial charge on any atom is -0.298 e. The number of benzene rings is 2. The molecule has 2 aromatic carbocycles. The van der Waals surface area contributed by atoms with E-state index >= 15 is 0 Å². The largest absolute Gasteiger partial charge is 0.298 e. The van der Waals surface area contributed by atoms with Crippen LogP contribution in [0.3, 0.4) is 0 Å². The van der Waals surface area contributed by atoms with Gasteiger partial charge < -0.3 is 0 Å². The van der Waals surface area contributed by atoms with Crippen molar-refractivity contribution in [2.24, 2.45) is 0 Å². The molecule has 0 radical (unpaired) electrons. The molecule has 8 rings (SSSR count). The van der Waals surface area contributed by atoms with E-state index in [1.165, 1.54) is 60.5 Å². The van der Waals surface area contributed by atoms with E-state index < -0.39 is 0 Å². The van der Waals surface area contributed by atoms with Crippen LogP contribution >= 0.6 is 45.3 Å². The van der Waals surface area contributed by atoms with Crippen LogP contribution in [0.1, 0.15) is 66.8 Å². The van der Waals surface area contributed by atoms with Crippen LogP contribution in [-0.2, 0) is 18.5 Å². The molecule has 1 spiro atoms. The number of rotatable bonds is 4. The van der Waals surface area contributed by atoms with Crippen molar-refractivity contribution in [1.29, 1.82) is 21.0 Å². The molecular weight excluding hydrogens is 725 g/mol. The molecular formula is C40H28N6O2S4. The molecule has 0 saturated heterocycles. The highest BCUT2D eigenvalue weighted by molar-refractivity contribution is 7.20. The van der Waals surface area contributed by atoms with E-state index in [0.717, 1.165) is 55.6 Å². The fraction of sp³-hybridized carbons (Fsp3) is 0.250. The Balaban J connectivity index is 1.28. The second-order valence-corrected chi connectivity index (χ2v) is 17.2. The first-order chi connectivity index (χ1) is 25.3. The number of aromatic nitrogens is 2. The van der Waals surface area contributed by atoms with Crippen LogP contribution in [0.2, 0.25) is 0 Å². The van der Waals surface area contributed by atoms with Crippen LogP contribution in [0.25, 0.3) is 54.6 Å². The summed E-state index contributed by atoms with van der Waals surface area (Å²) in [6.07, 6.45) is 9.45. The summed E-state index contributed by atoms with van der Waals surface area (Å²) in [5.74, 6) is 0. The Labute approximate surface area is 313 Å². The zero-order valence-electron chi connectivity index (χ0n) is 28.2. The zero-order chi connectivity index (χ0) is 36.3. The lowest BCUT2D eigenvalue weighted by Gasteiger charge is -2.36. The third-order valence-corrected chi connectivity index (χ3v) is 14.6. The van der Waals surface area contributed by atoms with E-state index in [4.69, 9.17) is 0 Å². The monoisotopic (exact) mass is 752 g/mol. The van der Waals surface area contributed by atoms with Crippen LogP contribution in [0.5, 0.6) is 0 Å². The van der Waals surface area contributed by atoms with Gasteiger partial charge in [-0.1, -0.05) is 19.3 Å². The third kappa shape index (κ3) is 5.14. The molecule has 0 aliphatic heterocycles. The van der Waals surface area contributed by atoms with Gasteiger partial charge >= 0.3 is 0 Å². The van der Waals surface area contributed by atoms with Gasteiger partial charge in [0.2, 0.25) is 0 Å². The molecule has 1 fully saturated rings. The SMILES string of the molecule is CCn1c(=C(C#N)C#N)s/c(=C\c2cc3cc4c(cc3s2)-c2cc3sc(/C=c5\sc(=C(C#N)C#N)n(CC)c5=O)cc3cc2C42CCCCC2)c1=O. The Morgan fingerprint density at radius 1 is 0.654 bits per heavy atom. The minimum absolute atomic E-state index is 0.0541. The summed E-state index contributed by atoms with van der Waals surface area (Å²) in [4.78, 5) is 28.4. The van der Waals surface area contributed by atoms with Crippen molar-refractivity contribution in [1.82, 2.24) is 9.13 Å². The van der Waals surface area contributed by atoms with E-state index in [-0.39, 0.29) is 27.7 Å². The van der Waals surface area contributed by atoms with E-state index in [1.54, 1.807) is 22.7 Å². The first-order valence-electron chi connectivity index (χ1n) is 17.0. The molecule has 0 N–H and O–H groups in total. The van der Waals surface area contributed by atoms with E-state index in [9.17, 15) is 30.6 Å². The Kier molecular flexibility index (Phi) is 8.45. The van der Waals surface area contributed by atoms with Gasteiger partial charge in [0.25, 0.3) is 11.1 Å². The van der Waals surface area contributed by atoms with Crippen molar-refractivity contribution in [3.63, 3.8) is 0 Å². The summed E-state index contributed by atoms with van der Waals surface area (Å²) in [6.45, 7) is 4.42. The molecule has 6 aromatic rings. The quantitative estimate of drug-likeness (QED) is 0.220. The van der Waals surface area contributed by atoms with Crippen molar-refractivity contribution in [3.8, 4) is 35.4 Å². The molecule has 52 heavy (non-hydrogen) atoms. The number of thiazole rings is 2. The van der Waals surface area contributed by atoms with Crippen LogP contribution in [-0.4, -0.2) is 9.13 Å². The highest BCUT2D eigenvalue weighted by Crippen LogP contribution is 2.58. The maximum Gasteiger partial charge on any atom is 0.269 e. The van der Waals surface area contributed by atoms with Crippen LogP contribution < -0.4 is 29.5 Å². The van der Waals surface area contributed by atoms with Gasteiger partial charge in [0, 0.05) is 37.7 Å². The molecule has 12 heteroatoms. The summed E-state index contributed by atoms with van der Waals surface area (Å²) >= 11 is 5.64. The van der Waals surface area contributed by atoms with Crippen molar-refractivity contribution in [2.75, 3.05) is 0 Å². The average Bonchev–Trinajstić information content (AvgIpc) is 3.94. The Hall–Kier alpha value is -5.34. The molecule has 8 nitrogen and oxygen atoms in total. The Morgan fingerprint density at radius 2 is 1.08 bits per heavy atom. The predicted octanol–water partition coefficient (Wildman–Crippen LogP) is 5.89. The average molecular weight is 753 g/mol. The van der Waals surface area contributed by atoms with E-state index in [2.05, 4.69) is 36.4 Å². The second-order valence-electron chi connectivity index (χ2n) is 12.9. The van der Waals surface area contributed by atoms with Gasteiger partial charge in [-0.25, -0.2) is 0 Å². The number of thiophene rings is 2. The fourth-order valence-corrected chi connectivity index (χ4v) is 12.3. The fourth-order valence-electron chi connectivity index (χ4n) is 7.92. The van der Waals surface area contributed by atoms with Crippen molar-refractivity contribution >= 4 is 88.8 Å². The first kappa shape index (κ1) is 33.8. The van der Waals surface area contributed by atoms with Gasteiger partial charge in [0.05, 0.1) is 9.06 Å². The van der Waals surface area contributed by atoms with Crippen LogP contribution in [0, 0.1) is 45.3 Å². The molecule has 1 saturated carbocycles. The summed E-state index contributed by atoms with van der Waals surface area (Å²) < 4.78 is 7.04. The second kappa shape index (κ2) is 13.0. The molecule has 4 heterocycles. The standard InChI is InChI=1S/C40H28N6O2S4/c1-3-45-36(47)34(51-38(45)24(18-41)19-42)14-26-10-22-12-30-28(16-32(22)49-26)29-17-33-23(13-31(29)40(30)8-6-5-7-9-40)11-27(50-33)15-35-37(48)46(4-2)39(52-35)25(20-43)21-44/h10-17H,3-9H2,1-2H3/b34-14-,35-15-. The molecule has 254 valence electrons. The number of nitriles is 4. The predicted molar refractivity (Wildman–Crippen MR) is 210 cm³/mol. The van der Waals surface area contributed by atoms with Gasteiger partial charge in [0.1, 0.15) is 33.6 Å². The summed E-state index contributed by atoms with van der Waals surface area (Å²) in [6, 6.07) is 21.3. The molecule has 0 atom stereocenters. The first-order valence-corrected chi connectivity index (χ1v) is 20.2. The van der Waals surface area contributed by atoms with E-state index in [1.807, 2.05) is 50.3 Å². The third-order valence-electron chi connectivity index (χ3n) is 10.2. The van der Waals surface area contributed by atoms with E-state index in [0.29, 0.717) is 31.5 Å². The van der Waals surface area contributed by atoms with Gasteiger partial charge in [-0.3, -0.25) is 18.7 Å². The Morgan fingerprint density at radius 3 is 1.46 bits per heavy atom. The highest BCUT2D eigenvalue weighted by atomic mass is 32.1. The molecule has 0 unspecified atom stereocenters. The van der Waals surface area contributed by atoms with Gasteiger partial charge in [-0.15, -0.1) is 45.3 Å². The van der Waals surface area contributed by atoms with Crippen LogP contribution in [0.4, 0.5) is 0 Å². The lowest BCUT2D eigenvalue weighted by Crippen LogP contribution is -2.31. The molecule has 0 bridgehead atoms. The molecule has 0 amide bonds. The summed E-state index contributed by atoms with van der Waals surface area (Å²) in [5.41, 5.74) is 4.65. The van der Waals surface area contributed by atoms with Gasteiger partial charge in [-0.05, 0) is 108 Å². The number of nitrogens with zero attached hydrogens (tertiary/aromatic N) is 6. The summed E-state index contributed by atoms with van der Waals surface area (Å²) in [5, 5.41) is 40.1. The number of hydrogen-bond donors (Lipinski definition) is 0. The summed E-state index contributed by atoms with van der Waals surface area (Å²) in [7, 11) is 0. The Bertz CT molecular complexity index is 2840. The van der Waals surface area contributed by atoms with Crippen LogP contribution in [0.15, 0.2) is 46.0 Å². The zero-order valence-corrected chi connectivity index (χ0v) is 31.5. The maximum absolute atomic E-state index is 13.3. The topological polar surface area (TPSA) is 139 Å². The highest BCUT2D eigenvalue weighted by Gasteiger charge is 2.44. The number of fused-ring (bicyclic) bond motifs is 7. The lowest BCUT2D eigenvalue weighted by atomic mass is 9.67.